The van der Waals surface area contributed by atoms with Crippen LogP contribution in [0, 0.1) is 0 Å². The summed E-state index contributed by atoms with van der Waals surface area (Å²) in [6.07, 6.45) is 1.32. The molecule has 1 aliphatic rings. The van der Waals surface area contributed by atoms with E-state index >= 15 is 0 Å². The van der Waals surface area contributed by atoms with Crippen LogP contribution in [0.15, 0.2) is 115 Å². The third-order valence-electron chi connectivity index (χ3n) is 10.0. The number of ether oxygens (including phenoxy) is 2. The minimum Gasteiger partial charge on any atom is -0.481 e. The number of unbranched alkanes of at least 4 members (excludes halogenated alkanes) is 1. The average Bonchev–Trinajstić information content (AvgIpc) is 3.18. The SMILES string of the molecule is C[C@H](c1ccc2ccccc2c1)N(C)C[C@@H]1C[C@H](c2ccc(CO)cc2)O[C@H](c2ccc(-c3cccc(CNC(=O)CCCCC(=O)O)c3)cc2)O1. The van der Waals surface area contributed by atoms with Crippen molar-refractivity contribution in [1.29, 1.82) is 0 Å². The van der Waals surface area contributed by atoms with Gasteiger partial charge >= 0.3 is 5.97 Å². The van der Waals surface area contributed by atoms with Gasteiger partial charge < -0.3 is 25.0 Å². The van der Waals surface area contributed by atoms with Gasteiger partial charge in [0.1, 0.15) is 0 Å². The quantitative estimate of drug-likeness (QED) is 0.0941. The number of fused-ring (bicyclic) bond motifs is 1. The van der Waals surface area contributed by atoms with E-state index in [1.54, 1.807) is 0 Å². The lowest BCUT2D eigenvalue weighted by molar-refractivity contribution is -0.253. The van der Waals surface area contributed by atoms with Gasteiger partial charge in [0.05, 0.1) is 18.8 Å². The first-order valence-electron chi connectivity index (χ1n) is 18.1. The summed E-state index contributed by atoms with van der Waals surface area (Å²) in [4.78, 5) is 25.3. The Morgan fingerprint density at radius 2 is 1.52 bits per heavy atom. The number of hydrogen-bond donors (Lipinski definition) is 3. The molecular weight excluding hydrogens is 652 g/mol. The van der Waals surface area contributed by atoms with Crippen molar-refractivity contribution in [3.63, 3.8) is 0 Å². The van der Waals surface area contributed by atoms with Gasteiger partial charge in [-0.05, 0) is 83.1 Å². The highest BCUT2D eigenvalue weighted by molar-refractivity contribution is 5.83. The predicted octanol–water partition coefficient (Wildman–Crippen LogP) is 8.50. The summed E-state index contributed by atoms with van der Waals surface area (Å²) in [6, 6.07) is 39.6. The lowest BCUT2D eigenvalue weighted by atomic mass is 9.98. The van der Waals surface area contributed by atoms with Crippen molar-refractivity contribution in [2.45, 2.75) is 76.7 Å². The van der Waals surface area contributed by atoms with Crippen LogP contribution in [0.2, 0.25) is 0 Å². The first kappa shape index (κ1) is 36.9. The van der Waals surface area contributed by atoms with Crippen LogP contribution in [0.4, 0.5) is 0 Å². The van der Waals surface area contributed by atoms with Crippen LogP contribution >= 0.6 is 0 Å². The molecule has 270 valence electrons. The lowest BCUT2D eigenvalue weighted by Gasteiger charge is -2.39. The summed E-state index contributed by atoms with van der Waals surface area (Å²) in [5, 5.41) is 23.8. The number of aliphatic hydroxyl groups is 1. The van der Waals surface area contributed by atoms with Gasteiger partial charge in [0.25, 0.3) is 0 Å². The number of aliphatic hydroxyl groups excluding tert-OH is 1. The van der Waals surface area contributed by atoms with Gasteiger partial charge in [0.15, 0.2) is 6.29 Å². The molecule has 0 unspecified atom stereocenters. The van der Waals surface area contributed by atoms with Crippen molar-refractivity contribution in [3.05, 3.63) is 143 Å². The lowest BCUT2D eigenvalue weighted by Crippen LogP contribution is -2.38. The first-order chi connectivity index (χ1) is 25.2. The van der Waals surface area contributed by atoms with Crippen molar-refractivity contribution >= 4 is 22.6 Å². The third-order valence-corrected chi connectivity index (χ3v) is 10.0. The first-order valence-corrected chi connectivity index (χ1v) is 18.1. The molecule has 4 atom stereocenters. The zero-order chi connectivity index (χ0) is 36.5. The summed E-state index contributed by atoms with van der Waals surface area (Å²) < 4.78 is 13.3. The van der Waals surface area contributed by atoms with Crippen LogP contribution in [-0.4, -0.2) is 46.7 Å². The zero-order valence-electron chi connectivity index (χ0n) is 29.9. The molecule has 1 aliphatic heterocycles. The highest BCUT2D eigenvalue weighted by Crippen LogP contribution is 2.39. The number of likely N-dealkylation sites (N-methyl/N-ethyl adjacent to an activating group) is 1. The largest absolute Gasteiger partial charge is 0.481 e. The molecule has 0 aromatic heterocycles. The molecule has 5 aromatic rings. The molecule has 5 aromatic carbocycles. The van der Waals surface area contributed by atoms with E-state index in [-0.39, 0.29) is 37.2 Å². The molecule has 0 bridgehead atoms. The Bertz CT molecular complexity index is 1940. The third kappa shape index (κ3) is 9.72. The van der Waals surface area contributed by atoms with E-state index < -0.39 is 12.3 Å². The Balaban J connectivity index is 1.14. The van der Waals surface area contributed by atoms with Gasteiger partial charge in [-0.25, -0.2) is 0 Å². The Morgan fingerprint density at radius 3 is 2.27 bits per heavy atom. The van der Waals surface area contributed by atoms with Crippen LogP contribution in [0.5, 0.6) is 0 Å². The number of aliphatic carboxylic acids is 1. The molecule has 1 saturated heterocycles. The predicted molar refractivity (Wildman–Crippen MR) is 203 cm³/mol. The molecule has 8 heteroatoms. The van der Waals surface area contributed by atoms with E-state index in [1.807, 2.05) is 36.4 Å². The number of amides is 1. The number of carboxylic acids is 1. The number of carbonyl (C=O) groups excluding carboxylic acids is 1. The van der Waals surface area contributed by atoms with Crippen molar-refractivity contribution in [2.24, 2.45) is 0 Å². The van der Waals surface area contributed by atoms with Gasteiger partial charge in [-0.15, -0.1) is 0 Å². The molecule has 0 saturated carbocycles. The molecule has 0 radical (unpaired) electrons. The minimum absolute atomic E-state index is 0.00229. The van der Waals surface area contributed by atoms with E-state index in [0.29, 0.717) is 32.2 Å². The Kier molecular flexibility index (Phi) is 12.5. The van der Waals surface area contributed by atoms with Gasteiger partial charge in [-0.3, -0.25) is 14.5 Å². The van der Waals surface area contributed by atoms with Crippen LogP contribution in [-0.2, 0) is 32.2 Å². The smallest absolute Gasteiger partial charge is 0.303 e. The van der Waals surface area contributed by atoms with Crippen LogP contribution < -0.4 is 5.32 Å². The highest BCUT2D eigenvalue weighted by atomic mass is 16.7. The second-order valence-electron chi connectivity index (χ2n) is 13.8. The summed E-state index contributed by atoms with van der Waals surface area (Å²) in [5.74, 6) is -0.920. The molecule has 8 nitrogen and oxygen atoms in total. The normalized spacial score (nSPS) is 18.0. The molecule has 1 fully saturated rings. The maximum atomic E-state index is 12.3. The van der Waals surface area contributed by atoms with E-state index in [4.69, 9.17) is 14.6 Å². The maximum Gasteiger partial charge on any atom is 0.303 e. The van der Waals surface area contributed by atoms with Crippen molar-refractivity contribution in [3.8, 4) is 11.1 Å². The number of carboxylic acid groups (broad SMARTS) is 1. The van der Waals surface area contributed by atoms with Gasteiger partial charge in [-0.2, -0.15) is 0 Å². The molecule has 52 heavy (non-hydrogen) atoms. The van der Waals surface area contributed by atoms with E-state index in [1.165, 1.54) is 16.3 Å². The van der Waals surface area contributed by atoms with Crippen molar-refractivity contribution in [1.82, 2.24) is 10.2 Å². The topological polar surface area (TPSA) is 108 Å². The summed E-state index contributed by atoms with van der Waals surface area (Å²) >= 11 is 0. The Morgan fingerprint density at radius 1 is 0.788 bits per heavy atom. The number of benzene rings is 5. The fraction of sp³-hybridized carbons (Fsp3) is 0.318. The molecule has 3 N–H and O–H groups in total. The monoisotopic (exact) mass is 700 g/mol. The number of hydrogen-bond acceptors (Lipinski definition) is 6. The number of nitrogens with one attached hydrogen (secondary N) is 1. The molecule has 1 amide bonds. The van der Waals surface area contributed by atoms with Crippen LogP contribution in [0.1, 0.15) is 85.3 Å². The maximum absolute atomic E-state index is 12.3. The standard InChI is InChI=1S/C44H48N2O6/c1-30(37-23-20-33-9-3-4-10-39(33)25-37)46(2)28-40-26-41(35-16-14-31(29-47)15-17-35)52-44(51-40)36-21-18-34(19-22-36)38-11-7-8-32(24-38)27-45-42(48)12-5-6-13-43(49)50/h3-4,7-11,14-25,30,40-41,44,47H,5-6,12-13,26-29H2,1-2H3,(H,45,48)(H,49,50)/t30-,40+,41-,44-/m1/s1. The summed E-state index contributed by atoms with van der Waals surface area (Å²) in [5.41, 5.74) is 7.17. The van der Waals surface area contributed by atoms with E-state index in [2.05, 4.69) is 103 Å². The number of carbonyl (C=O) groups is 2. The summed E-state index contributed by atoms with van der Waals surface area (Å²) in [7, 11) is 2.15. The molecule has 0 spiro atoms. The number of rotatable bonds is 15. The highest BCUT2D eigenvalue weighted by Gasteiger charge is 2.33. The second-order valence-corrected chi connectivity index (χ2v) is 13.8. The van der Waals surface area contributed by atoms with E-state index in [9.17, 15) is 14.7 Å². The Hall–Kier alpha value is -4.86. The fourth-order valence-electron chi connectivity index (χ4n) is 6.78. The van der Waals surface area contributed by atoms with Crippen LogP contribution in [0.3, 0.4) is 0 Å². The average molecular weight is 701 g/mol. The van der Waals surface area contributed by atoms with Crippen molar-refractivity contribution < 1.29 is 29.3 Å². The summed E-state index contributed by atoms with van der Waals surface area (Å²) in [6.45, 7) is 3.36. The number of nitrogens with zero attached hydrogens (tertiary/aromatic N) is 1. The van der Waals surface area contributed by atoms with E-state index in [0.717, 1.165) is 39.9 Å². The molecule has 1 heterocycles. The fourth-order valence-corrected chi connectivity index (χ4v) is 6.78. The zero-order valence-corrected chi connectivity index (χ0v) is 29.9. The molecule has 0 aliphatic carbocycles. The van der Waals surface area contributed by atoms with Gasteiger partial charge in [-0.1, -0.05) is 103 Å². The molecule has 6 rings (SSSR count). The van der Waals surface area contributed by atoms with Crippen molar-refractivity contribution in [2.75, 3.05) is 13.6 Å². The second kappa shape index (κ2) is 17.6. The molecular formula is C44H48N2O6. The minimum atomic E-state index is -0.839. The van der Waals surface area contributed by atoms with Crippen LogP contribution in [0.25, 0.3) is 21.9 Å². The Labute approximate surface area is 306 Å². The van der Waals surface area contributed by atoms with Gasteiger partial charge in [0.2, 0.25) is 5.91 Å². The van der Waals surface area contributed by atoms with Gasteiger partial charge in [0, 0.05) is 44.0 Å².